The number of alkyl halides is 1. The zero-order valence-electron chi connectivity index (χ0n) is 17.9. The van der Waals surface area contributed by atoms with Gasteiger partial charge in [0.2, 0.25) is 0 Å². The molecular formula is C21H18ClFN4O5S2. The number of nitrogens with one attached hydrogen (secondary N) is 2. The molecule has 0 saturated heterocycles. The van der Waals surface area contributed by atoms with E-state index in [-0.39, 0.29) is 34.0 Å². The number of rotatable bonds is 8. The lowest BCUT2D eigenvalue weighted by molar-refractivity contribution is 0.0964. The number of halogens is 2. The maximum Gasteiger partial charge on any atom is 0.298 e. The van der Waals surface area contributed by atoms with E-state index in [9.17, 15) is 17.6 Å². The third kappa shape index (κ3) is 5.13. The second-order valence-electron chi connectivity index (χ2n) is 7.20. The maximum atomic E-state index is 13.5. The van der Waals surface area contributed by atoms with Crippen molar-refractivity contribution in [3.63, 3.8) is 0 Å². The Morgan fingerprint density at radius 1 is 1.26 bits per heavy atom. The second kappa shape index (κ2) is 9.57. The molecule has 0 fully saturated rings. The number of anilines is 1. The Bertz CT molecular complexity index is 1470. The van der Waals surface area contributed by atoms with Crippen molar-refractivity contribution >= 4 is 55.5 Å². The summed E-state index contributed by atoms with van der Waals surface area (Å²) in [7, 11) is -1.90. The van der Waals surface area contributed by atoms with Crippen LogP contribution < -0.4 is 15.4 Å². The first-order valence-corrected chi connectivity index (χ1v) is 13.1. The zero-order chi connectivity index (χ0) is 24.5. The maximum absolute atomic E-state index is 13.5. The van der Waals surface area contributed by atoms with Crippen LogP contribution >= 0.6 is 23.1 Å². The molecule has 178 valence electrons. The van der Waals surface area contributed by atoms with Gasteiger partial charge in [-0.1, -0.05) is 0 Å². The molecule has 0 spiro atoms. The smallest absolute Gasteiger partial charge is 0.298 e. The highest BCUT2D eigenvalue weighted by molar-refractivity contribution is 7.90. The molecule has 13 heteroatoms. The summed E-state index contributed by atoms with van der Waals surface area (Å²) in [5, 5.41) is 5.97. The topological polar surface area (TPSA) is 123 Å². The Morgan fingerprint density at radius 2 is 2.00 bits per heavy atom. The average Bonchev–Trinajstić information content (AvgIpc) is 3.41. The van der Waals surface area contributed by atoms with E-state index in [1.54, 1.807) is 6.07 Å². The van der Waals surface area contributed by atoms with Gasteiger partial charge in [0.05, 0.1) is 17.1 Å². The Hall–Kier alpha value is -3.22. The summed E-state index contributed by atoms with van der Waals surface area (Å²) in [5.41, 5.74) is 1.28. The lowest BCUT2D eigenvalue weighted by Crippen LogP contribution is -2.18. The molecule has 0 saturated carbocycles. The molecule has 0 aliphatic rings. The van der Waals surface area contributed by atoms with Crippen molar-refractivity contribution in [2.75, 3.05) is 24.5 Å². The summed E-state index contributed by atoms with van der Waals surface area (Å²) >= 11 is 6.73. The van der Waals surface area contributed by atoms with Crippen molar-refractivity contribution in [2.24, 2.45) is 0 Å². The fourth-order valence-corrected chi connectivity index (χ4v) is 4.31. The van der Waals surface area contributed by atoms with E-state index >= 15 is 0 Å². The van der Waals surface area contributed by atoms with E-state index in [0.717, 1.165) is 17.8 Å². The van der Waals surface area contributed by atoms with Crippen molar-refractivity contribution in [3.8, 4) is 22.3 Å². The number of hydrogen-bond donors (Lipinski definition) is 2. The molecule has 0 unspecified atom stereocenters. The van der Waals surface area contributed by atoms with Crippen molar-refractivity contribution in [1.82, 2.24) is 14.7 Å². The molecule has 2 heterocycles. The summed E-state index contributed by atoms with van der Waals surface area (Å²) in [6, 6.07) is 8.58. The molecule has 0 bridgehead atoms. The van der Waals surface area contributed by atoms with Gasteiger partial charge in [-0.2, -0.15) is 9.36 Å². The minimum atomic E-state index is -3.37. The number of nitrogens with zero attached hydrogens (tertiary/aromatic N) is 2. The fraction of sp³-hybridized carbons (Fsp3) is 0.190. The van der Waals surface area contributed by atoms with Crippen molar-refractivity contribution in [1.29, 1.82) is 0 Å². The summed E-state index contributed by atoms with van der Waals surface area (Å²) in [6.45, 7) is 0. The molecule has 9 nitrogen and oxygen atoms in total. The standard InChI is InChI=1S/C21H18ClFN4O5S2/c1-24-20(28)18-13-7-16(32-21-26-17(9-22)27-33-21)14(25-10-34(2,29)30)8-15(13)31-19(18)11-3-5-12(23)6-4-11/h3-8,25H,9-10H2,1-2H3,(H,24,28). The molecule has 4 aromatic rings. The van der Waals surface area contributed by atoms with Gasteiger partial charge in [0.25, 0.3) is 11.1 Å². The van der Waals surface area contributed by atoms with Crippen LogP contribution in [-0.4, -0.2) is 42.9 Å². The van der Waals surface area contributed by atoms with Crippen LogP contribution in [-0.2, 0) is 15.7 Å². The molecule has 0 atom stereocenters. The number of ether oxygens (including phenoxy) is 1. The lowest BCUT2D eigenvalue weighted by atomic mass is 10.0. The minimum Gasteiger partial charge on any atom is -0.455 e. The Morgan fingerprint density at radius 3 is 2.62 bits per heavy atom. The van der Waals surface area contributed by atoms with Gasteiger partial charge in [0.15, 0.2) is 21.4 Å². The number of benzene rings is 2. The first-order chi connectivity index (χ1) is 16.2. The number of sulfone groups is 1. The Kier molecular flexibility index (Phi) is 6.73. The quantitative estimate of drug-likeness (QED) is 0.325. The third-order valence-corrected chi connectivity index (χ3v) is 6.18. The van der Waals surface area contributed by atoms with Gasteiger partial charge in [0.1, 0.15) is 23.0 Å². The van der Waals surface area contributed by atoms with Gasteiger partial charge in [-0.15, -0.1) is 11.6 Å². The van der Waals surface area contributed by atoms with E-state index in [1.807, 2.05) is 0 Å². The molecule has 2 aromatic heterocycles. The lowest BCUT2D eigenvalue weighted by Gasteiger charge is -2.11. The number of fused-ring (bicyclic) bond motifs is 1. The molecule has 4 rings (SSSR count). The van der Waals surface area contributed by atoms with E-state index in [4.69, 9.17) is 20.8 Å². The molecule has 0 radical (unpaired) electrons. The normalized spacial score (nSPS) is 11.5. The SMILES string of the molecule is CNC(=O)c1c(-c2ccc(F)cc2)oc2cc(NCS(C)(=O)=O)c(Oc3nc(CCl)ns3)cc12. The summed E-state index contributed by atoms with van der Waals surface area (Å²) in [5.74, 6) is -0.334. The van der Waals surface area contributed by atoms with Gasteiger partial charge in [-0.05, 0) is 30.3 Å². The largest absolute Gasteiger partial charge is 0.455 e. The van der Waals surface area contributed by atoms with Crippen LogP contribution in [0.5, 0.6) is 10.9 Å². The minimum absolute atomic E-state index is 0.0989. The Balaban J connectivity index is 1.89. The van der Waals surface area contributed by atoms with Gasteiger partial charge < -0.3 is 19.8 Å². The highest BCUT2D eigenvalue weighted by atomic mass is 35.5. The van der Waals surface area contributed by atoms with Gasteiger partial charge in [-0.3, -0.25) is 4.79 Å². The number of carbonyl (C=O) groups is 1. The first-order valence-electron chi connectivity index (χ1n) is 9.75. The zero-order valence-corrected chi connectivity index (χ0v) is 20.3. The summed E-state index contributed by atoms with van der Waals surface area (Å²) < 4.78 is 52.8. The van der Waals surface area contributed by atoms with Crippen molar-refractivity contribution in [2.45, 2.75) is 5.88 Å². The highest BCUT2D eigenvalue weighted by Gasteiger charge is 2.24. The van der Waals surface area contributed by atoms with E-state index in [0.29, 0.717) is 28.0 Å². The predicted octanol–water partition coefficient (Wildman–Crippen LogP) is 4.40. The number of amides is 1. The number of hydrogen-bond acceptors (Lipinski definition) is 9. The van der Waals surface area contributed by atoms with Crippen LogP contribution in [0.15, 0.2) is 40.8 Å². The molecule has 0 aliphatic carbocycles. The van der Waals surface area contributed by atoms with Crippen molar-refractivity contribution in [3.05, 3.63) is 53.6 Å². The summed E-state index contributed by atoms with van der Waals surface area (Å²) in [6.07, 6.45) is 1.08. The van der Waals surface area contributed by atoms with Crippen LogP contribution in [0.25, 0.3) is 22.3 Å². The Labute approximate surface area is 203 Å². The molecule has 2 N–H and O–H groups in total. The molecule has 1 amide bonds. The monoisotopic (exact) mass is 524 g/mol. The van der Waals surface area contributed by atoms with Crippen molar-refractivity contribution < 1.29 is 26.8 Å². The van der Waals surface area contributed by atoms with E-state index in [2.05, 4.69) is 20.0 Å². The van der Waals surface area contributed by atoms with Gasteiger partial charge >= 0.3 is 0 Å². The van der Waals surface area contributed by atoms with Crippen LogP contribution in [0.4, 0.5) is 10.1 Å². The second-order valence-corrected chi connectivity index (χ2v) is 10.3. The number of furan rings is 1. The number of aromatic nitrogens is 2. The third-order valence-electron chi connectivity index (χ3n) is 4.64. The van der Waals surface area contributed by atoms with Gasteiger partial charge in [0, 0.05) is 41.9 Å². The molecule has 0 aliphatic heterocycles. The van der Waals surface area contributed by atoms with Gasteiger partial charge in [-0.25, -0.2) is 12.8 Å². The average molecular weight is 525 g/mol. The fourth-order valence-electron chi connectivity index (χ4n) is 3.14. The van der Waals surface area contributed by atoms with E-state index < -0.39 is 21.6 Å². The van der Waals surface area contributed by atoms with Crippen LogP contribution in [0.3, 0.4) is 0 Å². The summed E-state index contributed by atoms with van der Waals surface area (Å²) in [4.78, 5) is 16.9. The van der Waals surface area contributed by atoms with E-state index in [1.165, 1.54) is 37.4 Å². The predicted molar refractivity (Wildman–Crippen MR) is 128 cm³/mol. The van der Waals surface area contributed by atoms with Crippen LogP contribution in [0.2, 0.25) is 0 Å². The molecule has 34 heavy (non-hydrogen) atoms. The highest BCUT2D eigenvalue weighted by Crippen LogP contribution is 2.40. The van der Waals surface area contributed by atoms with Crippen LogP contribution in [0, 0.1) is 5.82 Å². The first kappa shape index (κ1) is 23.9. The van der Waals surface area contributed by atoms with Crippen LogP contribution in [0.1, 0.15) is 16.2 Å². The molecule has 2 aromatic carbocycles. The molecular weight excluding hydrogens is 507 g/mol. The number of carbonyl (C=O) groups excluding carboxylic acids is 1.